The van der Waals surface area contributed by atoms with Crippen molar-refractivity contribution in [3.8, 4) is 0 Å². The maximum atomic E-state index is 12.9. The highest BCUT2D eigenvalue weighted by atomic mass is 32.1. The lowest BCUT2D eigenvalue weighted by molar-refractivity contribution is -0.129. The van der Waals surface area contributed by atoms with Crippen LogP contribution in [0.1, 0.15) is 55.6 Å². The molecule has 1 aliphatic heterocycles. The van der Waals surface area contributed by atoms with Crippen LogP contribution in [0, 0.1) is 18.8 Å². The summed E-state index contributed by atoms with van der Waals surface area (Å²) in [6.45, 7) is 3.43. The lowest BCUT2D eigenvalue weighted by atomic mass is 9.96. The van der Waals surface area contributed by atoms with Crippen molar-refractivity contribution in [2.24, 2.45) is 11.8 Å². The van der Waals surface area contributed by atoms with E-state index < -0.39 is 0 Å². The van der Waals surface area contributed by atoms with E-state index in [1.807, 2.05) is 11.8 Å². The molecule has 3 fully saturated rings. The molecule has 24 heavy (non-hydrogen) atoms. The third kappa shape index (κ3) is 3.08. The first-order valence-electron chi connectivity index (χ1n) is 9.08. The van der Waals surface area contributed by atoms with Crippen LogP contribution < -0.4 is 5.32 Å². The molecule has 0 aromatic carbocycles. The van der Waals surface area contributed by atoms with Crippen LogP contribution in [0.5, 0.6) is 0 Å². The van der Waals surface area contributed by atoms with Crippen molar-refractivity contribution in [3.05, 3.63) is 16.1 Å². The van der Waals surface area contributed by atoms with Crippen LogP contribution in [-0.4, -0.2) is 34.8 Å². The second-order valence-corrected chi connectivity index (χ2v) is 8.57. The number of amides is 2. The molecular formula is C18H25N3O2S. The molecule has 0 bridgehead atoms. The summed E-state index contributed by atoms with van der Waals surface area (Å²) in [5.41, 5.74) is 0.713. The van der Waals surface area contributed by atoms with E-state index in [9.17, 15) is 9.59 Å². The fraction of sp³-hybridized carbons (Fsp3) is 0.722. The van der Waals surface area contributed by atoms with Gasteiger partial charge in [0.15, 0.2) is 0 Å². The molecular weight excluding hydrogens is 322 g/mol. The summed E-state index contributed by atoms with van der Waals surface area (Å²) in [5, 5.41) is 6.39. The van der Waals surface area contributed by atoms with Crippen LogP contribution in [0.25, 0.3) is 0 Å². The van der Waals surface area contributed by atoms with Gasteiger partial charge in [-0.1, -0.05) is 12.8 Å². The SMILES string of the molecule is Cc1csc(C2(NC(=O)[C@H]3CC(=O)N(CC4CC4)C3)CCCC2)n1. The maximum absolute atomic E-state index is 12.9. The number of hydrogen-bond acceptors (Lipinski definition) is 4. The largest absolute Gasteiger partial charge is 0.344 e. The first-order valence-corrected chi connectivity index (χ1v) is 9.96. The Labute approximate surface area is 146 Å². The zero-order chi connectivity index (χ0) is 16.7. The highest BCUT2D eigenvalue weighted by Gasteiger charge is 2.43. The van der Waals surface area contributed by atoms with Gasteiger partial charge in [0.25, 0.3) is 0 Å². The third-order valence-corrected chi connectivity index (χ3v) is 6.77. The van der Waals surface area contributed by atoms with Gasteiger partial charge in [0, 0.05) is 30.6 Å². The molecule has 1 N–H and O–H groups in total. The molecule has 3 aliphatic rings. The van der Waals surface area contributed by atoms with Crippen LogP contribution in [0.2, 0.25) is 0 Å². The van der Waals surface area contributed by atoms with Gasteiger partial charge in [-0.2, -0.15) is 0 Å². The molecule has 4 rings (SSSR count). The number of aryl methyl sites for hydroxylation is 1. The van der Waals surface area contributed by atoms with E-state index in [1.54, 1.807) is 11.3 Å². The van der Waals surface area contributed by atoms with E-state index >= 15 is 0 Å². The van der Waals surface area contributed by atoms with Crippen LogP contribution in [0.4, 0.5) is 0 Å². The minimum atomic E-state index is -0.303. The van der Waals surface area contributed by atoms with Crippen molar-refractivity contribution in [1.29, 1.82) is 0 Å². The number of thiazole rings is 1. The molecule has 5 nitrogen and oxygen atoms in total. The predicted molar refractivity (Wildman–Crippen MR) is 92.6 cm³/mol. The minimum Gasteiger partial charge on any atom is -0.344 e. The van der Waals surface area contributed by atoms with Gasteiger partial charge < -0.3 is 10.2 Å². The Balaban J connectivity index is 1.45. The summed E-state index contributed by atoms with van der Waals surface area (Å²) in [4.78, 5) is 31.6. The molecule has 2 amide bonds. The molecule has 0 unspecified atom stereocenters. The highest BCUT2D eigenvalue weighted by Crippen LogP contribution is 2.40. The molecule has 1 aromatic heterocycles. The van der Waals surface area contributed by atoms with Crippen LogP contribution in [0.15, 0.2) is 5.38 Å². The number of nitrogens with one attached hydrogen (secondary N) is 1. The molecule has 0 radical (unpaired) electrons. The van der Waals surface area contributed by atoms with Gasteiger partial charge in [0.05, 0.1) is 11.5 Å². The summed E-state index contributed by atoms with van der Waals surface area (Å²) >= 11 is 1.64. The fourth-order valence-corrected chi connectivity index (χ4v) is 5.03. The number of rotatable bonds is 5. The normalized spacial score (nSPS) is 26.1. The lowest BCUT2D eigenvalue weighted by Crippen LogP contribution is -2.47. The summed E-state index contributed by atoms with van der Waals surface area (Å²) in [6, 6.07) is 0. The molecule has 1 saturated heterocycles. The third-order valence-electron chi connectivity index (χ3n) is 5.61. The quantitative estimate of drug-likeness (QED) is 0.890. The highest BCUT2D eigenvalue weighted by molar-refractivity contribution is 7.09. The standard InChI is InChI=1S/C18H25N3O2S/c1-12-11-24-17(19-12)18(6-2-3-7-18)20-16(23)14-8-15(22)21(10-14)9-13-4-5-13/h11,13-14H,2-10H2,1H3,(H,20,23)/t14-/m0/s1. The summed E-state index contributed by atoms with van der Waals surface area (Å²) in [5.74, 6) is 0.661. The van der Waals surface area contributed by atoms with Crippen LogP contribution >= 0.6 is 11.3 Å². The van der Waals surface area contributed by atoms with Crippen molar-refractivity contribution in [2.75, 3.05) is 13.1 Å². The molecule has 2 heterocycles. The van der Waals surface area contributed by atoms with Gasteiger partial charge in [-0.25, -0.2) is 4.98 Å². The van der Waals surface area contributed by atoms with E-state index in [0.717, 1.165) is 42.9 Å². The number of nitrogens with zero attached hydrogens (tertiary/aromatic N) is 2. The maximum Gasteiger partial charge on any atom is 0.226 e. The van der Waals surface area contributed by atoms with E-state index in [2.05, 4.69) is 15.7 Å². The van der Waals surface area contributed by atoms with Crippen molar-refractivity contribution in [2.45, 2.75) is 57.4 Å². The zero-order valence-electron chi connectivity index (χ0n) is 14.2. The number of carbonyl (C=O) groups is 2. The Bertz CT molecular complexity index is 646. The van der Waals surface area contributed by atoms with Crippen molar-refractivity contribution in [1.82, 2.24) is 15.2 Å². The summed E-state index contributed by atoms with van der Waals surface area (Å²) in [6.07, 6.45) is 6.98. The molecule has 1 atom stereocenters. The smallest absolute Gasteiger partial charge is 0.226 e. The molecule has 2 saturated carbocycles. The number of aromatic nitrogens is 1. The average Bonchev–Trinajstić information content (AvgIpc) is 2.93. The van der Waals surface area contributed by atoms with Gasteiger partial charge in [-0.05, 0) is 38.5 Å². The van der Waals surface area contributed by atoms with Crippen molar-refractivity contribution in [3.63, 3.8) is 0 Å². The Morgan fingerprint density at radius 2 is 2.17 bits per heavy atom. The Morgan fingerprint density at radius 1 is 1.42 bits per heavy atom. The average molecular weight is 347 g/mol. The number of likely N-dealkylation sites (tertiary alicyclic amines) is 1. The molecule has 130 valence electrons. The van der Waals surface area contributed by atoms with Gasteiger partial charge >= 0.3 is 0 Å². The lowest BCUT2D eigenvalue weighted by Gasteiger charge is -2.29. The van der Waals surface area contributed by atoms with Gasteiger partial charge in [0.2, 0.25) is 11.8 Å². The summed E-state index contributed by atoms with van der Waals surface area (Å²) < 4.78 is 0. The molecule has 1 aromatic rings. The van der Waals surface area contributed by atoms with Gasteiger partial charge in [-0.15, -0.1) is 11.3 Å². The zero-order valence-corrected chi connectivity index (χ0v) is 15.0. The van der Waals surface area contributed by atoms with Crippen molar-refractivity contribution < 1.29 is 9.59 Å². The molecule has 0 spiro atoms. The minimum absolute atomic E-state index is 0.0383. The second-order valence-electron chi connectivity index (χ2n) is 7.72. The monoisotopic (exact) mass is 347 g/mol. The van der Waals surface area contributed by atoms with Crippen molar-refractivity contribution >= 4 is 23.2 Å². The summed E-state index contributed by atoms with van der Waals surface area (Å²) in [7, 11) is 0. The van der Waals surface area contributed by atoms with Gasteiger partial charge in [-0.3, -0.25) is 9.59 Å². The Kier molecular flexibility index (Phi) is 4.11. The Morgan fingerprint density at radius 3 is 2.79 bits per heavy atom. The predicted octanol–water partition coefficient (Wildman–Crippen LogP) is 2.60. The first-order chi connectivity index (χ1) is 11.6. The van der Waals surface area contributed by atoms with E-state index in [4.69, 9.17) is 0 Å². The first kappa shape index (κ1) is 16.1. The topological polar surface area (TPSA) is 62.3 Å². The number of carbonyl (C=O) groups excluding carboxylic acids is 2. The molecule has 6 heteroatoms. The van der Waals surface area contributed by atoms with Crippen LogP contribution in [-0.2, 0) is 15.1 Å². The van der Waals surface area contributed by atoms with Gasteiger partial charge in [0.1, 0.15) is 5.01 Å². The van der Waals surface area contributed by atoms with E-state index in [-0.39, 0.29) is 23.3 Å². The van der Waals surface area contributed by atoms with Crippen LogP contribution in [0.3, 0.4) is 0 Å². The van der Waals surface area contributed by atoms with E-state index in [0.29, 0.717) is 18.9 Å². The number of hydrogen-bond donors (Lipinski definition) is 1. The molecule has 2 aliphatic carbocycles. The second kappa shape index (κ2) is 6.14. The van der Waals surface area contributed by atoms with E-state index in [1.165, 1.54) is 12.8 Å². The fourth-order valence-electron chi connectivity index (χ4n) is 4.02. The Hall–Kier alpha value is -1.43.